The van der Waals surface area contributed by atoms with Gasteiger partial charge in [-0.15, -0.1) is 0 Å². The molecule has 1 unspecified atom stereocenters. The Morgan fingerprint density at radius 3 is 2.67 bits per heavy atom. The van der Waals surface area contributed by atoms with Crippen LogP contribution in [0.1, 0.15) is 29.7 Å². The number of aromatic nitrogens is 2. The van der Waals surface area contributed by atoms with Crippen molar-refractivity contribution in [2.24, 2.45) is 5.73 Å². The number of nitriles is 1. The molecule has 1 aliphatic rings. The van der Waals surface area contributed by atoms with Crippen LogP contribution >= 0.6 is 0 Å². The molecule has 1 atom stereocenters. The highest BCUT2D eigenvalue weighted by Crippen LogP contribution is 2.47. The smallest absolute Gasteiger partial charge is 0.344 e. The maximum atomic E-state index is 11.9. The van der Waals surface area contributed by atoms with Crippen molar-refractivity contribution < 1.29 is 19.0 Å². The third kappa shape index (κ3) is 4.01. The van der Waals surface area contributed by atoms with Crippen molar-refractivity contribution in [2.75, 3.05) is 13.2 Å². The summed E-state index contributed by atoms with van der Waals surface area (Å²) in [7, 11) is 0. The van der Waals surface area contributed by atoms with Crippen molar-refractivity contribution >= 4 is 16.7 Å². The number of allylic oxidation sites excluding steroid dienone is 1. The molecule has 0 saturated heterocycles. The molecule has 4 aromatic rings. The summed E-state index contributed by atoms with van der Waals surface area (Å²) in [6, 6.07) is 23.5. The lowest BCUT2D eigenvalue weighted by molar-refractivity contribution is -0.145. The number of benzene rings is 3. The van der Waals surface area contributed by atoms with E-state index in [2.05, 4.69) is 6.07 Å². The fourth-order valence-corrected chi connectivity index (χ4v) is 4.50. The molecule has 0 amide bonds. The van der Waals surface area contributed by atoms with Crippen molar-refractivity contribution in [3.63, 3.8) is 0 Å². The van der Waals surface area contributed by atoms with Gasteiger partial charge < -0.3 is 19.9 Å². The Morgan fingerprint density at radius 2 is 1.89 bits per heavy atom. The van der Waals surface area contributed by atoms with E-state index in [4.69, 9.17) is 25.0 Å². The van der Waals surface area contributed by atoms with Gasteiger partial charge in [0, 0.05) is 5.56 Å². The second-order valence-electron chi connectivity index (χ2n) is 8.30. The number of fused-ring (bicyclic) bond motifs is 2. The molecule has 8 nitrogen and oxygen atoms in total. The topological polar surface area (TPSA) is 112 Å². The number of hydrogen-bond donors (Lipinski definition) is 1. The second kappa shape index (κ2) is 9.47. The highest BCUT2D eigenvalue weighted by atomic mass is 16.6. The number of carbonyl (C=O) groups is 1. The number of carbonyl (C=O) groups excluding carboxylic acids is 1. The van der Waals surface area contributed by atoms with Crippen molar-refractivity contribution in [3.05, 3.63) is 95.0 Å². The molecule has 180 valence electrons. The van der Waals surface area contributed by atoms with Crippen molar-refractivity contribution in [2.45, 2.75) is 19.8 Å². The molecule has 1 aromatic heterocycles. The number of hydrogen-bond acceptors (Lipinski definition) is 7. The van der Waals surface area contributed by atoms with E-state index in [0.29, 0.717) is 28.5 Å². The Bertz CT molecular complexity index is 1550. The molecule has 0 spiro atoms. The van der Waals surface area contributed by atoms with Gasteiger partial charge in [0.2, 0.25) is 11.8 Å². The Hall–Kier alpha value is -4.77. The number of nitrogens with two attached hydrogens (primary N) is 1. The maximum Gasteiger partial charge on any atom is 0.344 e. The first-order chi connectivity index (χ1) is 17.5. The van der Waals surface area contributed by atoms with Gasteiger partial charge in [0.1, 0.15) is 17.4 Å². The number of para-hydroxylation sites is 1. The lowest BCUT2D eigenvalue weighted by Gasteiger charge is -2.26. The number of rotatable bonds is 6. The quantitative estimate of drug-likeness (QED) is 0.405. The van der Waals surface area contributed by atoms with E-state index in [-0.39, 0.29) is 24.7 Å². The average Bonchev–Trinajstić information content (AvgIpc) is 3.22. The predicted molar refractivity (Wildman–Crippen MR) is 134 cm³/mol. The lowest BCUT2D eigenvalue weighted by Crippen LogP contribution is -2.23. The van der Waals surface area contributed by atoms with E-state index in [1.165, 1.54) is 0 Å². The minimum atomic E-state index is -0.591. The summed E-state index contributed by atoms with van der Waals surface area (Å²) in [5, 5.41) is 16.9. The van der Waals surface area contributed by atoms with Crippen LogP contribution in [0.15, 0.2) is 78.2 Å². The first-order valence-electron chi connectivity index (χ1n) is 11.6. The van der Waals surface area contributed by atoms with Crippen LogP contribution in [-0.4, -0.2) is 29.0 Å². The summed E-state index contributed by atoms with van der Waals surface area (Å²) in [4.78, 5) is 11.9. The van der Waals surface area contributed by atoms with Gasteiger partial charge in [0.15, 0.2) is 6.61 Å². The molecule has 2 N–H and O–H groups in total. The molecule has 36 heavy (non-hydrogen) atoms. The van der Waals surface area contributed by atoms with Gasteiger partial charge >= 0.3 is 5.97 Å². The summed E-state index contributed by atoms with van der Waals surface area (Å²) < 4.78 is 18.5. The van der Waals surface area contributed by atoms with E-state index in [9.17, 15) is 10.1 Å². The number of nitrogens with zero attached hydrogens (tertiary/aromatic N) is 3. The van der Waals surface area contributed by atoms with Crippen molar-refractivity contribution in [1.82, 2.24) is 9.78 Å². The zero-order valence-electron chi connectivity index (χ0n) is 19.9. The van der Waals surface area contributed by atoms with Gasteiger partial charge in [-0.25, -0.2) is 9.48 Å². The van der Waals surface area contributed by atoms with Crippen LogP contribution in [0.2, 0.25) is 0 Å². The molecule has 1 aliphatic heterocycles. The van der Waals surface area contributed by atoms with E-state index in [1.54, 1.807) is 23.7 Å². The van der Waals surface area contributed by atoms with E-state index in [1.807, 2.05) is 61.5 Å². The van der Waals surface area contributed by atoms with Crippen molar-refractivity contribution in [1.29, 1.82) is 5.26 Å². The SMILES string of the molecule is CCOC(=O)COc1ccccc1C1C(C#N)=C(N)Oc2c1c(C)nn2-c1ccc2ccccc2c1. The van der Waals surface area contributed by atoms with E-state index < -0.39 is 11.9 Å². The van der Waals surface area contributed by atoms with E-state index in [0.717, 1.165) is 16.5 Å². The molecular weight excluding hydrogens is 456 g/mol. The molecule has 8 heteroatoms. The molecule has 0 fully saturated rings. The van der Waals surface area contributed by atoms with Crippen molar-refractivity contribution in [3.8, 4) is 23.4 Å². The van der Waals surface area contributed by atoms with Gasteiger partial charge in [-0.1, -0.05) is 48.5 Å². The molecule has 0 radical (unpaired) electrons. The van der Waals surface area contributed by atoms with Crippen LogP contribution in [0.4, 0.5) is 0 Å². The van der Waals surface area contributed by atoms with Gasteiger partial charge in [0.05, 0.1) is 29.5 Å². The molecule has 0 saturated carbocycles. The predicted octanol–water partition coefficient (Wildman–Crippen LogP) is 4.49. The van der Waals surface area contributed by atoms with E-state index >= 15 is 0 Å². The largest absolute Gasteiger partial charge is 0.482 e. The number of ether oxygens (including phenoxy) is 3. The Balaban J connectivity index is 1.63. The normalized spacial score (nSPS) is 14.6. The highest BCUT2D eigenvalue weighted by molar-refractivity contribution is 5.84. The van der Waals surface area contributed by atoms with Gasteiger partial charge in [-0.05, 0) is 42.8 Å². The zero-order chi connectivity index (χ0) is 25.2. The summed E-state index contributed by atoms with van der Waals surface area (Å²) in [5.41, 5.74) is 9.38. The van der Waals surface area contributed by atoms with Gasteiger partial charge in [-0.3, -0.25) is 0 Å². The van der Waals surface area contributed by atoms with Crippen LogP contribution in [-0.2, 0) is 9.53 Å². The highest BCUT2D eigenvalue weighted by Gasteiger charge is 2.37. The molecule has 0 bridgehead atoms. The minimum Gasteiger partial charge on any atom is -0.482 e. The maximum absolute atomic E-state index is 11.9. The van der Waals surface area contributed by atoms with Crippen LogP contribution < -0.4 is 15.2 Å². The Morgan fingerprint density at radius 1 is 1.14 bits per heavy atom. The fourth-order valence-electron chi connectivity index (χ4n) is 4.50. The Kier molecular flexibility index (Phi) is 6.05. The van der Waals surface area contributed by atoms with Crippen LogP contribution in [0.25, 0.3) is 16.5 Å². The van der Waals surface area contributed by atoms with Crippen LogP contribution in [0.3, 0.4) is 0 Å². The molecule has 5 rings (SSSR count). The molecule has 3 aromatic carbocycles. The van der Waals surface area contributed by atoms with Gasteiger partial charge in [0.25, 0.3) is 0 Å². The first-order valence-corrected chi connectivity index (χ1v) is 11.6. The number of aryl methyl sites for hydroxylation is 1. The first kappa shape index (κ1) is 23.0. The third-order valence-electron chi connectivity index (χ3n) is 6.09. The summed E-state index contributed by atoms with van der Waals surface area (Å²) in [5.74, 6) is -0.189. The minimum absolute atomic E-state index is 0.00265. The molecule has 0 aliphatic carbocycles. The fraction of sp³-hybridized carbons (Fsp3) is 0.179. The molecular formula is C28H24N4O4. The second-order valence-corrected chi connectivity index (χ2v) is 8.30. The molecule has 2 heterocycles. The standard InChI is InChI=1S/C28H24N4O4/c1-3-34-24(33)16-35-23-11-7-6-10-21(23)26-22(15-29)27(30)36-28-25(26)17(2)31-32(28)20-13-12-18-8-4-5-9-19(18)14-20/h4-14,26H,3,16,30H2,1-2H3. The van der Waals surface area contributed by atoms with Crippen LogP contribution in [0.5, 0.6) is 11.6 Å². The third-order valence-corrected chi connectivity index (χ3v) is 6.09. The van der Waals surface area contributed by atoms with Gasteiger partial charge in [-0.2, -0.15) is 10.4 Å². The summed E-state index contributed by atoms with van der Waals surface area (Å²) in [6.07, 6.45) is 0. The monoisotopic (exact) mass is 480 g/mol. The lowest BCUT2D eigenvalue weighted by atomic mass is 9.83. The number of esters is 1. The summed E-state index contributed by atoms with van der Waals surface area (Å²) in [6.45, 7) is 3.61. The average molecular weight is 481 g/mol. The zero-order valence-corrected chi connectivity index (χ0v) is 19.9. The summed E-state index contributed by atoms with van der Waals surface area (Å²) >= 11 is 0. The van der Waals surface area contributed by atoms with Crippen LogP contribution in [0, 0.1) is 18.3 Å². The Labute approximate surface area is 208 Å².